The Bertz CT molecular complexity index is 1860. The predicted octanol–water partition coefficient (Wildman–Crippen LogP) is 4.87. The first kappa shape index (κ1) is 33.4. The van der Waals surface area contributed by atoms with Crippen LogP contribution in [0.1, 0.15) is 21.5 Å². The molecule has 0 aromatic heterocycles. The molecular weight excluding hydrogens is 650 g/mol. The summed E-state index contributed by atoms with van der Waals surface area (Å²) < 4.78 is 67.3. The van der Waals surface area contributed by atoms with E-state index in [2.05, 4.69) is 5.32 Å². The third-order valence-electron chi connectivity index (χ3n) is 7.35. The van der Waals surface area contributed by atoms with Crippen LogP contribution in [-0.4, -0.2) is 66.5 Å². The van der Waals surface area contributed by atoms with E-state index in [1.165, 1.54) is 20.7 Å². The Labute approximate surface area is 274 Å². The van der Waals surface area contributed by atoms with Gasteiger partial charge in [-0.05, 0) is 73.2 Å². The molecule has 1 saturated heterocycles. The lowest BCUT2D eigenvalue weighted by atomic mass is 10.1. The highest BCUT2D eigenvalue weighted by Crippen LogP contribution is 2.30. The molecular formula is C33H34ClN3O7S2. The molecule has 4 aromatic rings. The maximum absolute atomic E-state index is 14.0. The van der Waals surface area contributed by atoms with Crippen molar-refractivity contribution in [3.05, 3.63) is 119 Å². The van der Waals surface area contributed by atoms with Gasteiger partial charge in [0.1, 0.15) is 12.4 Å². The highest BCUT2D eigenvalue weighted by atomic mass is 35.5. The van der Waals surface area contributed by atoms with Crippen LogP contribution in [-0.2, 0) is 31.3 Å². The SMILES string of the molecule is Cc1ccc(S(=O)(=O)N(Cc2ccc(Cl)cc2)c2ccccc2C(=O)NCCOc2ccc(S(=O)(=O)N3CCOCC3)cc2)cc1. The molecule has 1 aliphatic heterocycles. The van der Waals surface area contributed by atoms with E-state index in [-0.39, 0.29) is 40.7 Å². The van der Waals surface area contributed by atoms with Crippen LogP contribution in [0, 0.1) is 6.92 Å². The maximum atomic E-state index is 14.0. The molecule has 0 bridgehead atoms. The number of aryl methyl sites for hydroxylation is 1. The van der Waals surface area contributed by atoms with E-state index < -0.39 is 26.0 Å². The van der Waals surface area contributed by atoms with E-state index in [1.807, 2.05) is 6.92 Å². The summed E-state index contributed by atoms with van der Waals surface area (Å²) in [5.41, 5.74) is 1.99. The molecule has 1 N–H and O–H groups in total. The summed E-state index contributed by atoms with van der Waals surface area (Å²) in [5.74, 6) is -0.0414. The van der Waals surface area contributed by atoms with Crippen LogP contribution >= 0.6 is 11.6 Å². The number of carbonyl (C=O) groups excluding carboxylic acids is 1. The van der Waals surface area contributed by atoms with E-state index in [0.29, 0.717) is 42.6 Å². The van der Waals surface area contributed by atoms with E-state index in [1.54, 1.807) is 84.9 Å². The standard InChI is InChI=1S/C33H34ClN3O7S2/c1-25-6-14-30(15-7-25)46(41,42)37(24-26-8-10-27(34)11-9-26)32-5-3-2-4-31(32)33(38)35-18-21-44-28-12-16-29(17-13-28)45(39,40)36-19-22-43-23-20-36/h2-17H,18-24H2,1H3,(H,35,38). The smallest absolute Gasteiger partial charge is 0.264 e. The van der Waals surface area contributed by atoms with Crippen LogP contribution in [0.3, 0.4) is 0 Å². The zero-order valence-electron chi connectivity index (χ0n) is 25.1. The van der Waals surface area contributed by atoms with Gasteiger partial charge >= 0.3 is 0 Å². The van der Waals surface area contributed by atoms with E-state index in [9.17, 15) is 21.6 Å². The van der Waals surface area contributed by atoms with Crippen molar-refractivity contribution in [2.75, 3.05) is 43.8 Å². The number of hydrogen-bond acceptors (Lipinski definition) is 7. The number of nitrogens with zero attached hydrogens (tertiary/aromatic N) is 2. The minimum absolute atomic E-state index is 0.0297. The van der Waals surface area contributed by atoms with Gasteiger partial charge < -0.3 is 14.8 Å². The lowest BCUT2D eigenvalue weighted by Gasteiger charge is -2.27. The second-order valence-electron chi connectivity index (χ2n) is 10.6. The van der Waals surface area contributed by atoms with Gasteiger partial charge in [0.05, 0.1) is 47.3 Å². The molecule has 0 spiro atoms. The average molecular weight is 684 g/mol. The van der Waals surface area contributed by atoms with Gasteiger partial charge in [0, 0.05) is 18.1 Å². The molecule has 5 rings (SSSR count). The van der Waals surface area contributed by atoms with Crippen molar-refractivity contribution in [1.82, 2.24) is 9.62 Å². The largest absolute Gasteiger partial charge is 0.492 e. The number of anilines is 1. The van der Waals surface area contributed by atoms with Crippen molar-refractivity contribution in [2.45, 2.75) is 23.3 Å². The highest BCUT2D eigenvalue weighted by molar-refractivity contribution is 7.92. The molecule has 46 heavy (non-hydrogen) atoms. The molecule has 0 aliphatic carbocycles. The number of nitrogens with one attached hydrogen (secondary N) is 1. The number of hydrogen-bond donors (Lipinski definition) is 1. The number of para-hydroxylation sites is 1. The first-order valence-corrected chi connectivity index (χ1v) is 17.8. The Kier molecular flexibility index (Phi) is 10.6. The van der Waals surface area contributed by atoms with E-state index in [0.717, 1.165) is 5.56 Å². The van der Waals surface area contributed by atoms with Gasteiger partial charge in [-0.15, -0.1) is 0 Å². The van der Waals surface area contributed by atoms with Gasteiger partial charge in [0.25, 0.3) is 15.9 Å². The molecule has 10 nitrogen and oxygen atoms in total. The molecule has 1 fully saturated rings. The van der Waals surface area contributed by atoms with Crippen molar-refractivity contribution < 1.29 is 31.1 Å². The third kappa shape index (κ3) is 7.88. The maximum Gasteiger partial charge on any atom is 0.264 e. The summed E-state index contributed by atoms with van der Waals surface area (Å²) in [4.78, 5) is 13.7. The van der Waals surface area contributed by atoms with Crippen molar-refractivity contribution in [3.8, 4) is 5.75 Å². The quantitative estimate of drug-likeness (QED) is 0.211. The first-order chi connectivity index (χ1) is 22.1. The fraction of sp³-hybridized carbons (Fsp3) is 0.242. The van der Waals surface area contributed by atoms with Gasteiger partial charge in [-0.25, -0.2) is 16.8 Å². The number of carbonyl (C=O) groups is 1. The number of rotatable bonds is 12. The number of benzene rings is 4. The Hall–Kier alpha value is -3.94. The second kappa shape index (κ2) is 14.7. The molecule has 242 valence electrons. The fourth-order valence-electron chi connectivity index (χ4n) is 4.85. The van der Waals surface area contributed by atoms with Crippen LogP contribution in [0.25, 0.3) is 0 Å². The van der Waals surface area contributed by atoms with Gasteiger partial charge in [-0.3, -0.25) is 9.10 Å². The summed E-state index contributed by atoms with van der Waals surface area (Å²) in [5, 5.41) is 3.32. The molecule has 1 amide bonds. The fourth-order valence-corrected chi connectivity index (χ4v) is 7.85. The number of sulfonamides is 2. The molecule has 0 atom stereocenters. The van der Waals surface area contributed by atoms with Gasteiger partial charge in [0.15, 0.2) is 0 Å². The van der Waals surface area contributed by atoms with Crippen LogP contribution < -0.4 is 14.4 Å². The zero-order chi connectivity index (χ0) is 32.7. The normalized spacial score (nSPS) is 14.0. The van der Waals surface area contributed by atoms with Crippen LogP contribution in [0.15, 0.2) is 107 Å². The molecule has 0 unspecified atom stereocenters. The number of ether oxygens (including phenoxy) is 2. The molecule has 0 saturated carbocycles. The summed E-state index contributed by atoms with van der Waals surface area (Å²) >= 11 is 6.06. The van der Waals surface area contributed by atoms with Crippen molar-refractivity contribution >= 4 is 43.2 Å². The van der Waals surface area contributed by atoms with Crippen molar-refractivity contribution in [2.24, 2.45) is 0 Å². The minimum atomic E-state index is -4.07. The summed E-state index contributed by atoms with van der Waals surface area (Å²) in [6.45, 7) is 3.39. The Morgan fingerprint density at radius 1 is 0.870 bits per heavy atom. The van der Waals surface area contributed by atoms with Crippen LogP contribution in [0.4, 0.5) is 5.69 Å². The third-order valence-corrected chi connectivity index (χ3v) is 11.3. The lowest BCUT2D eigenvalue weighted by Crippen LogP contribution is -2.40. The summed E-state index contributed by atoms with van der Waals surface area (Å²) in [6.07, 6.45) is 0. The molecule has 13 heteroatoms. The number of halogens is 1. The number of amides is 1. The van der Waals surface area contributed by atoms with E-state index in [4.69, 9.17) is 21.1 Å². The zero-order valence-corrected chi connectivity index (χ0v) is 27.5. The summed E-state index contributed by atoms with van der Waals surface area (Å²) in [7, 11) is -7.70. The lowest BCUT2D eigenvalue weighted by molar-refractivity contribution is 0.0730. The summed E-state index contributed by atoms with van der Waals surface area (Å²) in [6, 6.07) is 26.0. The molecule has 0 radical (unpaired) electrons. The van der Waals surface area contributed by atoms with Gasteiger partial charge in [-0.2, -0.15) is 4.31 Å². The van der Waals surface area contributed by atoms with Crippen LogP contribution in [0.2, 0.25) is 5.02 Å². The predicted molar refractivity (Wildman–Crippen MR) is 176 cm³/mol. The Morgan fingerprint density at radius 2 is 1.50 bits per heavy atom. The second-order valence-corrected chi connectivity index (χ2v) is 14.8. The van der Waals surface area contributed by atoms with Crippen molar-refractivity contribution in [1.29, 1.82) is 0 Å². The molecule has 1 aliphatic rings. The highest BCUT2D eigenvalue weighted by Gasteiger charge is 2.29. The molecule has 4 aromatic carbocycles. The molecule has 1 heterocycles. The number of morpholine rings is 1. The van der Waals surface area contributed by atoms with Gasteiger partial charge in [0.2, 0.25) is 10.0 Å². The first-order valence-electron chi connectivity index (χ1n) is 14.6. The minimum Gasteiger partial charge on any atom is -0.492 e. The average Bonchev–Trinajstić information content (AvgIpc) is 3.07. The monoisotopic (exact) mass is 683 g/mol. The van der Waals surface area contributed by atoms with Gasteiger partial charge in [-0.1, -0.05) is 53.6 Å². The van der Waals surface area contributed by atoms with Crippen LogP contribution in [0.5, 0.6) is 5.75 Å². The topological polar surface area (TPSA) is 122 Å². The van der Waals surface area contributed by atoms with Crippen molar-refractivity contribution in [3.63, 3.8) is 0 Å². The Balaban J connectivity index is 1.28. The van der Waals surface area contributed by atoms with E-state index >= 15 is 0 Å². The Morgan fingerprint density at radius 3 is 2.17 bits per heavy atom.